The van der Waals surface area contributed by atoms with Gasteiger partial charge in [-0.25, -0.2) is 8.42 Å². The number of rotatable bonds is 2. The normalized spacial score (nSPS) is 11.7. The van der Waals surface area contributed by atoms with Gasteiger partial charge in [0.1, 0.15) is 0 Å². The van der Waals surface area contributed by atoms with Gasteiger partial charge in [0, 0.05) is 22.4 Å². The first kappa shape index (κ1) is 12.4. The molecule has 0 bridgehead atoms. The van der Waals surface area contributed by atoms with Gasteiger partial charge in [-0.3, -0.25) is 5.10 Å². The SMILES string of the molecule is CS(=O)(=O)c1[nH]ncc1-c1ccc(Cl)cc1Cl. The Kier molecular flexibility index (Phi) is 3.16. The third-order valence-electron chi connectivity index (χ3n) is 2.20. The van der Waals surface area contributed by atoms with E-state index in [9.17, 15) is 8.42 Å². The molecule has 0 aliphatic heterocycles. The van der Waals surface area contributed by atoms with E-state index < -0.39 is 9.84 Å². The molecule has 1 aromatic carbocycles. The molecule has 1 heterocycles. The van der Waals surface area contributed by atoms with Crippen LogP contribution in [0.3, 0.4) is 0 Å². The van der Waals surface area contributed by atoms with E-state index in [1.807, 2.05) is 0 Å². The van der Waals surface area contributed by atoms with Gasteiger partial charge < -0.3 is 0 Å². The van der Waals surface area contributed by atoms with Gasteiger partial charge in [0.15, 0.2) is 14.9 Å². The van der Waals surface area contributed by atoms with Gasteiger partial charge in [-0.2, -0.15) is 5.10 Å². The van der Waals surface area contributed by atoms with Crippen LogP contribution in [-0.4, -0.2) is 24.9 Å². The summed E-state index contributed by atoms with van der Waals surface area (Å²) in [5.74, 6) is 0. The summed E-state index contributed by atoms with van der Waals surface area (Å²) < 4.78 is 23.1. The van der Waals surface area contributed by atoms with E-state index in [-0.39, 0.29) is 5.03 Å². The maximum Gasteiger partial charge on any atom is 0.192 e. The zero-order chi connectivity index (χ0) is 12.6. The molecule has 7 heteroatoms. The van der Waals surface area contributed by atoms with Gasteiger partial charge in [0.05, 0.1) is 11.2 Å². The van der Waals surface area contributed by atoms with Crippen LogP contribution in [0.4, 0.5) is 0 Å². The zero-order valence-electron chi connectivity index (χ0n) is 8.74. The molecule has 0 aliphatic carbocycles. The summed E-state index contributed by atoms with van der Waals surface area (Å²) in [6.07, 6.45) is 2.53. The van der Waals surface area contributed by atoms with Crippen molar-refractivity contribution in [2.45, 2.75) is 5.03 Å². The predicted molar refractivity (Wildman–Crippen MR) is 67.2 cm³/mol. The Hall–Kier alpha value is -1.04. The first-order valence-electron chi connectivity index (χ1n) is 4.58. The van der Waals surface area contributed by atoms with Crippen molar-refractivity contribution in [1.29, 1.82) is 0 Å². The maximum atomic E-state index is 11.5. The van der Waals surface area contributed by atoms with Crippen LogP contribution in [0.5, 0.6) is 0 Å². The number of hydrogen-bond acceptors (Lipinski definition) is 3. The van der Waals surface area contributed by atoms with Crippen molar-refractivity contribution < 1.29 is 8.42 Å². The van der Waals surface area contributed by atoms with Gasteiger partial charge in [0.25, 0.3) is 0 Å². The second kappa shape index (κ2) is 4.33. The standard InChI is InChI=1S/C10H8Cl2N2O2S/c1-17(15,16)10-8(5-13-14-10)7-3-2-6(11)4-9(7)12/h2-5H,1H3,(H,13,14). The molecule has 0 unspecified atom stereocenters. The van der Waals surface area contributed by atoms with Crippen LogP contribution in [0, 0.1) is 0 Å². The molecule has 0 atom stereocenters. The number of sulfone groups is 1. The van der Waals surface area contributed by atoms with Gasteiger partial charge >= 0.3 is 0 Å². The highest BCUT2D eigenvalue weighted by Gasteiger charge is 2.18. The van der Waals surface area contributed by atoms with Crippen LogP contribution in [0.15, 0.2) is 29.4 Å². The van der Waals surface area contributed by atoms with Crippen molar-refractivity contribution in [3.8, 4) is 11.1 Å². The molecule has 2 aromatic rings. The van der Waals surface area contributed by atoms with Crippen molar-refractivity contribution in [2.75, 3.05) is 6.26 Å². The van der Waals surface area contributed by atoms with Crippen molar-refractivity contribution in [3.05, 3.63) is 34.4 Å². The second-order valence-electron chi connectivity index (χ2n) is 3.51. The molecule has 1 N–H and O–H groups in total. The second-order valence-corrected chi connectivity index (χ2v) is 6.31. The monoisotopic (exact) mass is 290 g/mol. The van der Waals surface area contributed by atoms with Crippen molar-refractivity contribution in [1.82, 2.24) is 10.2 Å². The topological polar surface area (TPSA) is 62.8 Å². The van der Waals surface area contributed by atoms with Gasteiger partial charge in [-0.15, -0.1) is 0 Å². The summed E-state index contributed by atoms with van der Waals surface area (Å²) in [4.78, 5) is 0. The maximum absolute atomic E-state index is 11.5. The quantitative estimate of drug-likeness (QED) is 0.925. The lowest BCUT2D eigenvalue weighted by Crippen LogP contribution is -1.99. The van der Waals surface area contributed by atoms with E-state index in [4.69, 9.17) is 23.2 Å². The van der Waals surface area contributed by atoms with Crippen LogP contribution >= 0.6 is 23.2 Å². The zero-order valence-corrected chi connectivity index (χ0v) is 11.1. The average Bonchev–Trinajstić information content (AvgIpc) is 2.65. The Labute approximate surface area is 108 Å². The van der Waals surface area contributed by atoms with Gasteiger partial charge in [-0.05, 0) is 12.1 Å². The Bertz CT molecular complexity index is 665. The van der Waals surface area contributed by atoms with Crippen LogP contribution in [0.2, 0.25) is 10.0 Å². The van der Waals surface area contributed by atoms with E-state index in [2.05, 4.69) is 10.2 Å². The molecule has 4 nitrogen and oxygen atoms in total. The number of nitrogens with one attached hydrogen (secondary N) is 1. The average molecular weight is 291 g/mol. The minimum absolute atomic E-state index is 0.0433. The molecule has 0 spiro atoms. The number of H-pyrrole nitrogens is 1. The van der Waals surface area contributed by atoms with E-state index in [0.29, 0.717) is 21.2 Å². The van der Waals surface area contributed by atoms with E-state index >= 15 is 0 Å². The molecule has 0 saturated heterocycles. The largest absolute Gasteiger partial charge is 0.267 e. The summed E-state index contributed by atoms with van der Waals surface area (Å²) in [7, 11) is -3.37. The Morgan fingerprint density at radius 3 is 2.53 bits per heavy atom. The van der Waals surface area contributed by atoms with Crippen molar-refractivity contribution >= 4 is 33.0 Å². The minimum atomic E-state index is -3.37. The Morgan fingerprint density at radius 2 is 1.94 bits per heavy atom. The van der Waals surface area contributed by atoms with E-state index in [0.717, 1.165) is 6.26 Å². The molecular weight excluding hydrogens is 283 g/mol. The summed E-state index contributed by atoms with van der Waals surface area (Å²) in [5.41, 5.74) is 1.01. The molecular formula is C10H8Cl2N2O2S. The summed E-state index contributed by atoms with van der Waals surface area (Å²) >= 11 is 11.8. The molecule has 0 radical (unpaired) electrons. The molecule has 1 aromatic heterocycles. The highest BCUT2D eigenvalue weighted by molar-refractivity contribution is 7.90. The smallest absolute Gasteiger partial charge is 0.192 e. The van der Waals surface area contributed by atoms with E-state index in [1.54, 1.807) is 18.2 Å². The molecule has 17 heavy (non-hydrogen) atoms. The number of halogens is 2. The third-order valence-corrected chi connectivity index (χ3v) is 3.80. The number of aromatic amines is 1. The fourth-order valence-corrected chi connectivity index (χ4v) is 2.75. The minimum Gasteiger partial charge on any atom is -0.267 e. The lowest BCUT2D eigenvalue weighted by Gasteiger charge is -2.04. The Balaban J connectivity index is 2.66. The molecule has 0 aliphatic rings. The lowest BCUT2D eigenvalue weighted by molar-refractivity contribution is 0.598. The summed E-state index contributed by atoms with van der Waals surface area (Å²) in [6.45, 7) is 0. The molecule has 0 saturated carbocycles. The first-order chi connectivity index (χ1) is 7.89. The fraction of sp³-hybridized carbons (Fsp3) is 0.100. The van der Waals surface area contributed by atoms with Crippen LogP contribution in [0.1, 0.15) is 0 Å². The van der Waals surface area contributed by atoms with Crippen LogP contribution in [-0.2, 0) is 9.84 Å². The molecule has 0 amide bonds. The summed E-state index contributed by atoms with van der Waals surface area (Å²) in [5, 5.41) is 7.10. The number of nitrogens with zero attached hydrogens (tertiary/aromatic N) is 1. The highest BCUT2D eigenvalue weighted by atomic mass is 35.5. The Morgan fingerprint density at radius 1 is 1.24 bits per heavy atom. The molecule has 0 fully saturated rings. The van der Waals surface area contributed by atoms with E-state index in [1.165, 1.54) is 6.20 Å². The number of aromatic nitrogens is 2. The fourth-order valence-electron chi connectivity index (χ4n) is 1.46. The molecule has 90 valence electrons. The molecule has 2 rings (SSSR count). The number of benzene rings is 1. The lowest BCUT2D eigenvalue weighted by atomic mass is 10.1. The highest BCUT2D eigenvalue weighted by Crippen LogP contribution is 2.33. The predicted octanol–water partition coefficient (Wildman–Crippen LogP) is 2.79. The third kappa shape index (κ3) is 2.46. The van der Waals surface area contributed by atoms with Crippen LogP contribution < -0.4 is 0 Å². The van der Waals surface area contributed by atoms with Gasteiger partial charge in [-0.1, -0.05) is 29.3 Å². The summed E-state index contributed by atoms with van der Waals surface area (Å²) in [6, 6.07) is 4.85. The van der Waals surface area contributed by atoms with Crippen molar-refractivity contribution in [2.24, 2.45) is 0 Å². The number of hydrogen-bond donors (Lipinski definition) is 1. The van der Waals surface area contributed by atoms with Gasteiger partial charge in [0.2, 0.25) is 0 Å². The van der Waals surface area contributed by atoms with Crippen molar-refractivity contribution in [3.63, 3.8) is 0 Å². The first-order valence-corrected chi connectivity index (χ1v) is 7.23. The van der Waals surface area contributed by atoms with Crippen LogP contribution in [0.25, 0.3) is 11.1 Å².